The van der Waals surface area contributed by atoms with Crippen LogP contribution in [0.25, 0.3) is 0 Å². The van der Waals surface area contributed by atoms with E-state index in [9.17, 15) is 0 Å². The summed E-state index contributed by atoms with van der Waals surface area (Å²) in [6, 6.07) is 0. The zero-order valence-electron chi connectivity index (χ0n) is 13.3. The van der Waals surface area contributed by atoms with E-state index < -0.39 is 0 Å². The Morgan fingerprint density at radius 3 is 2.05 bits per heavy atom. The number of hydrogen-bond donors (Lipinski definition) is 2. The van der Waals surface area contributed by atoms with Crippen molar-refractivity contribution in [3.8, 4) is 0 Å². The van der Waals surface area contributed by atoms with E-state index in [1.165, 1.54) is 12.8 Å². The van der Waals surface area contributed by atoms with Crippen LogP contribution in [0.4, 0.5) is 5.82 Å². The zero-order valence-corrected chi connectivity index (χ0v) is 13.3. The normalized spacial score (nSPS) is 11.6. The number of anilines is 1. The van der Waals surface area contributed by atoms with Crippen LogP contribution in [0.2, 0.25) is 0 Å². The van der Waals surface area contributed by atoms with Crippen molar-refractivity contribution in [1.29, 1.82) is 0 Å². The molecule has 0 aliphatic carbocycles. The molecule has 0 spiro atoms. The molecule has 0 saturated heterocycles. The molecule has 0 aliphatic rings. The third-order valence-electron chi connectivity index (χ3n) is 3.28. The van der Waals surface area contributed by atoms with E-state index in [2.05, 4.69) is 48.0 Å². The second-order valence-corrected chi connectivity index (χ2v) is 6.18. The number of nitrogens with one attached hydrogen (secondary N) is 1. The molecule has 20 heavy (non-hydrogen) atoms. The predicted octanol–water partition coefficient (Wildman–Crippen LogP) is 2.66. The number of nitrogen functional groups attached to an aromatic ring is 1. The molecule has 0 bridgehead atoms. The van der Waals surface area contributed by atoms with Crippen LogP contribution in [-0.2, 0) is 6.54 Å². The molecule has 0 aromatic carbocycles. The van der Waals surface area contributed by atoms with E-state index in [1.54, 1.807) is 12.4 Å². The molecule has 0 fully saturated rings. The van der Waals surface area contributed by atoms with Crippen LogP contribution >= 0.6 is 0 Å². The Morgan fingerprint density at radius 1 is 1.05 bits per heavy atom. The lowest BCUT2D eigenvalue weighted by atomic mass is 10.1. The Bertz CT molecular complexity index is 349. The van der Waals surface area contributed by atoms with Gasteiger partial charge in [0.25, 0.3) is 0 Å². The molecule has 1 rings (SSSR count). The first-order valence-corrected chi connectivity index (χ1v) is 7.51. The molecule has 5 nitrogen and oxygen atoms in total. The second kappa shape index (κ2) is 8.87. The number of hydrogen-bond acceptors (Lipinski definition) is 5. The zero-order chi connectivity index (χ0) is 15.0. The highest BCUT2D eigenvalue weighted by Gasteiger charge is 2.09. The van der Waals surface area contributed by atoms with Gasteiger partial charge in [-0.2, -0.15) is 0 Å². The van der Waals surface area contributed by atoms with E-state index in [-0.39, 0.29) is 0 Å². The lowest BCUT2D eigenvalue weighted by Gasteiger charge is -2.23. The van der Waals surface area contributed by atoms with E-state index in [1.807, 2.05) is 0 Å². The van der Waals surface area contributed by atoms with Gasteiger partial charge in [0.1, 0.15) is 0 Å². The van der Waals surface area contributed by atoms with Gasteiger partial charge in [-0.05, 0) is 37.8 Å². The molecule has 0 unspecified atom stereocenters. The van der Waals surface area contributed by atoms with Crippen molar-refractivity contribution < 1.29 is 0 Å². The summed E-state index contributed by atoms with van der Waals surface area (Å²) in [5.74, 6) is 7.36. The first kappa shape index (κ1) is 16.9. The number of rotatable bonds is 9. The topological polar surface area (TPSA) is 67.1 Å². The largest absolute Gasteiger partial charge is 0.307 e. The fraction of sp³-hybridized carbons (Fsp3) is 0.733. The van der Waals surface area contributed by atoms with Gasteiger partial charge < -0.3 is 5.43 Å². The van der Waals surface area contributed by atoms with Crippen LogP contribution in [-0.4, -0.2) is 28.0 Å². The van der Waals surface area contributed by atoms with Gasteiger partial charge in [-0.1, -0.05) is 27.7 Å². The molecule has 0 atom stereocenters. The van der Waals surface area contributed by atoms with Gasteiger partial charge in [-0.15, -0.1) is 0 Å². The Hall–Kier alpha value is -1.20. The van der Waals surface area contributed by atoms with Crippen LogP contribution in [0.3, 0.4) is 0 Å². The lowest BCUT2D eigenvalue weighted by molar-refractivity contribution is 0.233. The smallest absolute Gasteiger partial charge is 0.158 e. The van der Waals surface area contributed by atoms with Crippen molar-refractivity contribution >= 4 is 5.82 Å². The van der Waals surface area contributed by atoms with Gasteiger partial charge in [0.15, 0.2) is 5.82 Å². The molecule has 5 heteroatoms. The minimum atomic E-state index is 0.602. The van der Waals surface area contributed by atoms with Gasteiger partial charge in [-0.25, -0.2) is 10.8 Å². The third kappa shape index (κ3) is 6.82. The van der Waals surface area contributed by atoms with Crippen molar-refractivity contribution in [3.05, 3.63) is 18.1 Å². The summed E-state index contributed by atoms with van der Waals surface area (Å²) in [4.78, 5) is 11.1. The van der Waals surface area contributed by atoms with Crippen molar-refractivity contribution in [2.45, 2.75) is 47.1 Å². The maximum Gasteiger partial charge on any atom is 0.158 e. The summed E-state index contributed by atoms with van der Waals surface area (Å²) in [5.41, 5.74) is 3.50. The molecule has 1 heterocycles. The van der Waals surface area contributed by atoms with Crippen LogP contribution in [0.15, 0.2) is 12.4 Å². The predicted molar refractivity (Wildman–Crippen MR) is 84.0 cm³/mol. The van der Waals surface area contributed by atoms with Gasteiger partial charge in [0.05, 0.1) is 18.1 Å². The fourth-order valence-corrected chi connectivity index (χ4v) is 1.89. The van der Waals surface area contributed by atoms with Crippen LogP contribution < -0.4 is 11.3 Å². The summed E-state index contributed by atoms with van der Waals surface area (Å²) in [7, 11) is 0. The van der Waals surface area contributed by atoms with E-state index in [0.29, 0.717) is 5.82 Å². The summed E-state index contributed by atoms with van der Waals surface area (Å²) < 4.78 is 0. The molecule has 0 aliphatic heterocycles. The standard InChI is InChI=1S/C15H29N5/c1-12(2)5-7-20(8-6-13(3)4)11-14-9-18-15(19-16)10-17-14/h9-10,12-13H,5-8,11,16H2,1-4H3,(H,18,19). The molecule has 1 aromatic heterocycles. The molecule has 1 aromatic rings. The minimum absolute atomic E-state index is 0.602. The van der Waals surface area contributed by atoms with Crippen molar-refractivity contribution in [1.82, 2.24) is 14.9 Å². The Labute approximate surface area is 123 Å². The molecule has 0 saturated carbocycles. The molecule has 114 valence electrons. The number of aromatic nitrogens is 2. The Balaban J connectivity index is 2.56. The van der Waals surface area contributed by atoms with Gasteiger partial charge in [0.2, 0.25) is 0 Å². The average molecular weight is 279 g/mol. The fourth-order valence-electron chi connectivity index (χ4n) is 1.89. The quantitative estimate of drug-likeness (QED) is 0.537. The summed E-state index contributed by atoms with van der Waals surface area (Å²) in [6.07, 6.45) is 5.91. The third-order valence-corrected chi connectivity index (χ3v) is 3.28. The number of nitrogens with two attached hydrogens (primary N) is 1. The maximum atomic E-state index is 5.30. The van der Waals surface area contributed by atoms with Crippen molar-refractivity contribution in [2.24, 2.45) is 17.7 Å². The van der Waals surface area contributed by atoms with E-state index in [4.69, 9.17) is 5.84 Å². The average Bonchev–Trinajstić information content (AvgIpc) is 2.42. The summed E-state index contributed by atoms with van der Waals surface area (Å²) in [5, 5.41) is 0. The highest BCUT2D eigenvalue weighted by Crippen LogP contribution is 2.10. The SMILES string of the molecule is CC(C)CCN(CCC(C)C)Cc1cnc(NN)cn1. The lowest BCUT2D eigenvalue weighted by Crippen LogP contribution is -2.28. The Kier molecular flexibility index (Phi) is 7.47. The Morgan fingerprint density at radius 2 is 1.65 bits per heavy atom. The minimum Gasteiger partial charge on any atom is -0.307 e. The number of nitrogens with zero attached hydrogens (tertiary/aromatic N) is 3. The molecule has 3 N–H and O–H groups in total. The molecule has 0 radical (unpaired) electrons. The second-order valence-electron chi connectivity index (χ2n) is 6.18. The highest BCUT2D eigenvalue weighted by atomic mass is 15.3. The summed E-state index contributed by atoms with van der Waals surface area (Å²) in [6.45, 7) is 12.2. The summed E-state index contributed by atoms with van der Waals surface area (Å²) >= 11 is 0. The van der Waals surface area contributed by atoms with Crippen LogP contribution in [0, 0.1) is 11.8 Å². The first-order valence-electron chi connectivity index (χ1n) is 7.51. The highest BCUT2D eigenvalue weighted by molar-refractivity contribution is 5.28. The van der Waals surface area contributed by atoms with Crippen molar-refractivity contribution in [3.63, 3.8) is 0 Å². The van der Waals surface area contributed by atoms with E-state index in [0.717, 1.165) is 37.2 Å². The van der Waals surface area contributed by atoms with E-state index >= 15 is 0 Å². The van der Waals surface area contributed by atoms with Gasteiger partial charge in [-0.3, -0.25) is 9.88 Å². The van der Waals surface area contributed by atoms with Crippen LogP contribution in [0.1, 0.15) is 46.2 Å². The van der Waals surface area contributed by atoms with Gasteiger partial charge >= 0.3 is 0 Å². The van der Waals surface area contributed by atoms with Crippen LogP contribution in [0.5, 0.6) is 0 Å². The number of hydrazine groups is 1. The molecule has 0 amide bonds. The van der Waals surface area contributed by atoms with Crippen molar-refractivity contribution in [2.75, 3.05) is 18.5 Å². The monoisotopic (exact) mass is 279 g/mol. The van der Waals surface area contributed by atoms with Gasteiger partial charge in [0, 0.05) is 6.54 Å². The first-order chi connectivity index (χ1) is 9.51. The molecular formula is C15H29N5. The maximum absolute atomic E-state index is 5.30. The molecular weight excluding hydrogens is 250 g/mol.